The van der Waals surface area contributed by atoms with Gasteiger partial charge in [0.25, 0.3) is 0 Å². The van der Waals surface area contributed by atoms with Crippen LogP contribution in [0.2, 0.25) is 0 Å². The Kier molecular flexibility index (Phi) is 9.09. The second-order valence-electron chi connectivity index (χ2n) is 6.49. The third kappa shape index (κ3) is 6.65. The summed E-state index contributed by atoms with van der Waals surface area (Å²) in [6.07, 6.45) is 5.38. The molecule has 0 aliphatic heterocycles. The number of allylic oxidation sites excluding steroid dienone is 3. The number of ketones is 4. The molecule has 0 heterocycles. The van der Waals surface area contributed by atoms with E-state index in [-0.39, 0.29) is 17.6 Å². The number of nitrogens with one attached hydrogen (secondary N) is 3. The van der Waals surface area contributed by atoms with Gasteiger partial charge in [0.2, 0.25) is 11.6 Å². The molecule has 26 heavy (non-hydrogen) atoms. The summed E-state index contributed by atoms with van der Waals surface area (Å²) >= 11 is 0. The number of likely N-dealkylation sites (N-methyl/N-ethyl adjacent to an activating group) is 2. The zero-order valence-electron chi connectivity index (χ0n) is 16.0. The average molecular weight is 363 g/mol. The molecule has 1 aliphatic rings. The van der Waals surface area contributed by atoms with Crippen molar-refractivity contribution in [1.82, 2.24) is 16.0 Å². The molecule has 1 rings (SSSR count). The van der Waals surface area contributed by atoms with Gasteiger partial charge < -0.3 is 16.0 Å². The Hall–Kier alpha value is -2.12. The Bertz CT molecular complexity index is 622. The monoisotopic (exact) mass is 363 g/mol. The first kappa shape index (κ1) is 21.9. The van der Waals surface area contributed by atoms with Crippen LogP contribution in [-0.4, -0.2) is 55.9 Å². The zero-order chi connectivity index (χ0) is 19.7. The summed E-state index contributed by atoms with van der Waals surface area (Å²) in [4.78, 5) is 46.4. The van der Waals surface area contributed by atoms with E-state index in [9.17, 15) is 19.2 Å². The molecule has 0 radical (unpaired) electrons. The van der Waals surface area contributed by atoms with E-state index in [1.807, 2.05) is 0 Å². The Morgan fingerprint density at radius 3 is 2.04 bits per heavy atom. The lowest BCUT2D eigenvalue weighted by Gasteiger charge is -2.21. The fourth-order valence-corrected chi connectivity index (χ4v) is 2.85. The van der Waals surface area contributed by atoms with Gasteiger partial charge in [0.1, 0.15) is 11.6 Å². The number of carbonyl (C=O) groups is 4. The second kappa shape index (κ2) is 10.8. The van der Waals surface area contributed by atoms with E-state index in [1.165, 1.54) is 19.1 Å². The highest BCUT2D eigenvalue weighted by Crippen LogP contribution is 2.19. The van der Waals surface area contributed by atoms with Gasteiger partial charge in [-0.05, 0) is 65.3 Å². The Balaban J connectivity index is 2.61. The summed E-state index contributed by atoms with van der Waals surface area (Å²) in [6, 6.07) is -0.537. The molecule has 0 aromatic heterocycles. The smallest absolute Gasteiger partial charge is 0.227 e. The lowest BCUT2D eigenvalue weighted by atomic mass is 9.94. The molecular formula is C19H29N3O4. The van der Waals surface area contributed by atoms with Crippen molar-refractivity contribution in [2.24, 2.45) is 0 Å². The van der Waals surface area contributed by atoms with Crippen molar-refractivity contribution in [3.05, 3.63) is 23.4 Å². The van der Waals surface area contributed by atoms with Crippen LogP contribution >= 0.6 is 0 Å². The molecule has 0 bridgehead atoms. The van der Waals surface area contributed by atoms with Crippen LogP contribution in [-0.2, 0) is 19.2 Å². The first-order valence-electron chi connectivity index (χ1n) is 8.90. The van der Waals surface area contributed by atoms with Crippen LogP contribution in [0.25, 0.3) is 0 Å². The van der Waals surface area contributed by atoms with Crippen molar-refractivity contribution in [2.45, 2.75) is 51.6 Å². The van der Waals surface area contributed by atoms with E-state index < -0.39 is 17.6 Å². The molecule has 3 N–H and O–H groups in total. The summed E-state index contributed by atoms with van der Waals surface area (Å²) in [5.41, 5.74) is 1.24. The summed E-state index contributed by atoms with van der Waals surface area (Å²) in [5.74, 6) is -1.04. The minimum Gasteiger partial charge on any atom is -0.385 e. The van der Waals surface area contributed by atoms with Gasteiger partial charge in [0.05, 0.1) is 12.1 Å². The predicted molar refractivity (Wildman–Crippen MR) is 99.7 cm³/mol. The fourth-order valence-electron chi connectivity index (χ4n) is 2.85. The van der Waals surface area contributed by atoms with Crippen LogP contribution < -0.4 is 16.0 Å². The molecule has 0 saturated heterocycles. The van der Waals surface area contributed by atoms with E-state index >= 15 is 0 Å². The highest BCUT2D eigenvalue weighted by molar-refractivity contribution is 6.46. The maximum atomic E-state index is 11.7. The normalized spacial score (nSPS) is 16.6. The Morgan fingerprint density at radius 2 is 1.50 bits per heavy atom. The Labute approximate surface area is 154 Å². The minimum absolute atomic E-state index is 0.0283. The highest BCUT2D eigenvalue weighted by Gasteiger charge is 2.23. The highest BCUT2D eigenvalue weighted by atomic mass is 16.2. The molecule has 2 atom stereocenters. The van der Waals surface area contributed by atoms with Crippen LogP contribution in [0.15, 0.2) is 23.4 Å². The largest absolute Gasteiger partial charge is 0.385 e. The van der Waals surface area contributed by atoms with Crippen molar-refractivity contribution >= 4 is 23.1 Å². The summed E-state index contributed by atoms with van der Waals surface area (Å²) in [6.45, 7) is 3.67. The third-order valence-corrected chi connectivity index (χ3v) is 4.51. The summed E-state index contributed by atoms with van der Waals surface area (Å²) < 4.78 is 0. The topological polar surface area (TPSA) is 104 Å². The van der Waals surface area contributed by atoms with Crippen molar-refractivity contribution in [3.63, 3.8) is 0 Å². The van der Waals surface area contributed by atoms with Gasteiger partial charge in [-0.25, -0.2) is 0 Å². The summed E-state index contributed by atoms with van der Waals surface area (Å²) in [7, 11) is 3.45. The first-order valence-corrected chi connectivity index (χ1v) is 8.90. The van der Waals surface area contributed by atoms with E-state index in [4.69, 9.17) is 0 Å². The van der Waals surface area contributed by atoms with E-state index in [2.05, 4.69) is 16.0 Å². The number of Topliss-reactive ketones (excluding diaryl/α,β-unsaturated/α-hetero) is 2. The quantitative estimate of drug-likeness (QED) is 0.263. The van der Waals surface area contributed by atoms with Crippen molar-refractivity contribution < 1.29 is 19.2 Å². The Morgan fingerprint density at radius 1 is 0.923 bits per heavy atom. The van der Waals surface area contributed by atoms with Crippen LogP contribution in [0.4, 0.5) is 0 Å². The zero-order valence-corrected chi connectivity index (χ0v) is 16.0. The molecule has 7 heteroatoms. The first-order chi connectivity index (χ1) is 12.3. The molecule has 0 saturated carbocycles. The maximum Gasteiger partial charge on any atom is 0.227 e. The molecule has 144 valence electrons. The van der Waals surface area contributed by atoms with Gasteiger partial charge in [-0.3, -0.25) is 19.2 Å². The second-order valence-corrected chi connectivity index (χ2v) is 6.49. The molecule has 2 unspecified atom stereocenters. The van der Waals surface area contributed by atoms with Crippen LogP contribution in [0.3, 0.4) is 0 Å². The van der Waals surface area contributed by atoms with Crippen LogP contribution in [0.5, 0.6) is 0 Å². The summed E-state index contributed by atoms with van der Waals surface area (Å²) in [5, 5.41) is 9.09. The van der Waals surface area contributed by atoms with Crippen molar-refractivity contribution in [2.75, 3.05) is 20.6 Å². The van der Waals surface area contributed by atoms with Crippen LogP contribution in [0.1, 0.15) is 39.5 Å². The number of hydrogen-bond donors (Lipinski definition) is 3. The van der Waals surface area contributed by atoms with Gasteiger partial charge in [-0.1, -0.05) is 0 Å². The fraction of sp³-hybridized carbons (Fsp3) is 0.579. The molecule has 0 spiro atoms. The number of hydrogen-bond acceptors (Lipinski definition) is 7. The van der Waals surface area contributed by atoms with E-state index in [0.29, 0.717) is 24.2 Å². The minimum atomic E-state index is -0.567. The van der Waals surface area contributed by atoms with Crippen molar-refractivity contribution in [1.29, 1.82) is 0 Å². The van der Waals surface area contributed by atoms with Gasteiger partial charge in [-0.15, -0.1) is 0 Å². The standard InChI is InChI=1S/C19H29N3O4/c1-12(23)15(20-3)7-5-6-8-22-17-11-19(26)18(25)10-14(17)9-16(21-4)13(2)24/h10-11,15-16,20-22H,5-9H2,1-4H3. The molecule has 7 nitrogen and oxygen atoms in total. The number of rotatable bonds is 12. The third-order valence-electron chi connectivity index (χ3n) is 4.51. The SMILES string of the molecule is CNC(CCCCNC1=CC(=O)C(=O)C=C1CC(NC)C(C)=O)C(C)=O. The van der Waals surface area contributed by atoms with Crippen molar-refractivity contribution in [3.8, 4) is 0 Å². The van der Waals surface area contributed by atoms with Crippen LogP contribution in [0, 0.1) is 0 Å². The van der Waals surface area contributed by atoms with Gasteiger partial charge in [0, 0.05) is 18.3 Å². The van der Waals surface area contributed by atoms with Gasteiger partial charge in [-0.2, -0.15) is 0 Å². The van der Waals surface area contributed by atoms with E-state index in [1.54, 1.807) is 21.0 Å². The molecule has 0 fully saturated rings. The number of unbranched alkanes of at least 4 members (excludes halogenated alkanes) is 1. The van der Waals surface area contributed by atoms with Gasteiger partial charge >= 0.3 is 0 Å². The van der Waals surface area contributed by atoms with E-state index in [0.717, 1.165) is 19.3 Å². The molecular weight excluding hydrogens is 334 g/mol. The lowest BCUT2D eigenvalue weighted by Crippen LogP contribution is -2.35. The molecule has 0 aromatic rings. The molecule has 0 amide bonds. The predicted octanol–water partition coefficient (Wildman–Crippen LogP) is 0.453. The lowest BCUT2D eigenvalue weighted by molar-refractivity contribution is -0.131. The average Bonchev–Trinajstić information content (AvgIpc) is 2.58. The molecule has 1 aliphatic carbocycles. The maximum absolute atomic E-state index is 11.7. The molecule has 0 aromatic carbocycles. The van der Waals surface area contributed by atoms with Gasteiger partial charge in [0.15, 0.2) is 0 Å². The number of carbonyl (C=O) groups excluding carboxylic acids is 4.